The fourth-order valence-corrected chi connectivity index (χ4v) is 3.82. The number of ether oxygens (including phenoxy) is 1. The number of carbonyl (C=O) groups excluding carboxylic acids is 1. The molecule has 0 spiro atoms. The molecule has 0 bridgehead atoms. The first-order valence-electron chi connectivity index (χ1n) is 10.3. The van der Waals surface area contributed by atoms with Crippen molar-refractivity contribution in [2.24, 2.45) is 5.92 Å². The Bertz CT molecular complexity index is 767. The van der Waals surface area contributed by atoms with Crippen LogP contribution in [0.3, 0.4) is 0 Å². The van der Waals surface area contributed by atoms with E-state index in [1.54, 1.807) is 0 Å². The van der Waals surface area contributed by atoms with E-state index >= 15 is 0 Å². The monoisotopic (exact) mass is 380 g/mol. The van der Waals surface area contributed by atoms with E-state index < -0.39 is 0 Å². The van der Waals surface area contributed by atoms with E-state index in [-0.39, 0.29) is 5.91 Å². The molecule has 0 radical (unpaired) electrons. The van der Waals surface area contributed by atoms with Crippen molar-refractivity contribution in [1.82, 2.24) is 10.2 Å². The van der Waals surface area contributed by atoms with Crippen molar-refractivity contribution in [2.45, 2.75) is 39.2 Å². The lowest BCUT2D eigenvalue weighted by molar-refractivity contribution is -0.131. The van der Waals surface area contributed by atoms with Crippen LogP contribution in [0.4, 0.5) is 0 Å². The van der Waals surface area contributed by atoms with Crippen molar-refractivity contribution >= 4 is 5.91 Å². The van der Waals surface area contributed by atoms with Gasteiger partial charge in [-0.15, -0.1) is 0 Å². The molecule has 150 valence electrons. The summed E-state index contributed by atoms with van der Waals surface area (Å²) in [7, 11) is 2.00. The Morgan fingerprint density at radius 2 is 1.86 bits per heavy atom. The molecule has 1 aliphatic heterocycles. The van der Waals surface area contributed by atoms with E-state index in [0.717, 1.165) is 55.3 Å². The van der Waals surface area contributed by atoms with E-state index in [1.165, 1.54) is 12.0 Å². The third-order valence-electron chi connectivity index (χ3n) is 5.51. The summed E-state index contributed by atoms with van der Waals surface area (Å²) in [6, 6.07) is 16.3. The maximum Gasteiger partial charge on any atom is 0.226 e. The molecule has 4 heteroatoms. The number of nitrogens with one attached hydrogen (secondary N) is 1. The second-order valence-corrected chi connectivity index (χ2v) is 7.82. The highest BCUT2D eigenvalue weighted by atomic mass is 16.5. The first-order valence-corrected chi connectivity index (χ1v) is 10.3. The van der Waals surface area contributed by atoms with Gasteiger partial charge in [0.2, 0.25) is 5.91 Å². The lowest BCUT2D eigenvalue weighted by Gasteiger charge is -2.32. The molecule has 0 saturated carbocycles. The average Bonchev–Trinajstić information content (AvgIpc) is 2.71. The van der Waals surface area contributed by atoms with Crippen molar-refractivity contribution in [3.05, 3.63) is 65.2 Å². The molecular formula is C24H32N2O2. The predicted octanol–water partition coefficient (Wildman–Crippen LogP) is 3.96. The van der Waals surface area contributed by atoms with E-state index in [1.807, 2.05) is 42.3 Å². The second kappa shape index (κ2) is 10.3. The number of carbonyl (C=O) groups is 1. The zero-order chi connectivity index (χ0) is 19.8. The number of hydrogen-bond acceptors (Lipinski definition) is 3. The largest absolute Gasteiger partial charge is 0.489 e. The fraction of sp³-hybridized carbons (Fsp3) is 0.458. The summed E-state index contributed by atoms with van der Waals surface area (Å²) in [5, 5.41) is 3.22. The van der Waals surface area contributed by atoms with E-state index in [2.05, 4.69) is 30.4 Å². The Hall–Kier alpha value is -2.33. The summed E-state index contributed by atoms with van der Waals surface area (Å²) in [5.41, 5.74) is 3.40. The number of rotatable bonds is 8. The van der Waals surface area contributed by atoms with Crippen LogP contribution in [-0.4, -0.2) is 37.5 Å². The zero-order valence-electron chi connectivity index (χ0n) is 17.1. The average molecular weight is 381 g/mol. The summed E-state index contributed by atoms with van der Waals surface area (Å²) in [6.07, 6.45) is 3.89. The highest BCUT2D eigenvalue weighted by molar-refractivity contribution is 5.79. The van der Waals surface area contributed by atoms with Crippen LogP contribution in [0.1, 0.15) is 36.0 Å². The summed E-state index contributed by atoms with van der Waals surface area (Å²) >= 11 is 0. The van der Waals surface area contributed by atoms with Crippen LogP contribution >= 0.6 is 0 Å². The second-order valence-electron chi connectivity index (χ2n) is 7.82. The number of aryl methyl sites for hydroxylation is 1. The third kappa shape index (κ3) is 6.10. The summed E-state index contributed by atoms with van der Waals surface area (Å²) in [5.74, 6) is 1.79. The van der Waals surface area contributed by atoms with Crippen LogP contribution in [0.25, 0.3) is 0 Å². The van der Waals surface area contributed by atoms with Crippen LogP contribution < -0.4 is 10.1 Å². The standard InChI is InChI=1S/C24H32N2O2/c1-19-5-3-7-22(15-19)18-28-23-8-4-6-21(16-23)17-24(27)26-13-10-20(11-14-26)9-12-25-2/h3-8,15-16,20,25H,9-14,17-18H2,1-2H3. The molecule has 0 aromatic heterocycles. The van der Waals surface area contributed by atoms with Crippen molar-refractivity contribution < 1.29 is 9.53 Å². The number of likely N-dealkylation sites (tertiary alicyclic amines) is 1. The Balaban J connectivity index is 1.49. The maximum absolute atomic E-state index is 12.7. The van der Waals surface area contributed by atoms with Gasteiger partial charge in [0.25, 0.3) is 0 Å². The van der Waals surface area contributed by atoms with Gasteiger partial charge in [0.15, 0.2) is 0 Å². The van der Waals surface area contributed by atoms with Crippen LogP contribution in [0.15, 0.2) is 48.5 Å². The first-order chi connectivity index (χ1) is 13.6. The molecule has 1 aliphatic rings. The topological polar surface area (TPSA) is 41.6 Å². The highest BCUT2D eigenvalue weighted by Crippen LogP contribution is 2.21. The van der Waals surface area contributed by atoms with Gasteiger partial charge >= 0.3 is 0 Å². The van der Waals surface area contributed by atoms with Crippen LogP contribution in [-0.2, 0) is 17.8 Å². The van der Waals surface area contributed by atoms with Gasteiger partial charge in [-0.1, -0.05) is 42.0 Å². The minimum Gasteiger partial charge on any atom is -0.489 e. The summed E-state index contributed by atoms with van der Waals surface area (Å²) in [4.78, 5) is 14.7. The molecule has 1 heterocycles. The number of amides is 1. The minimum absolute atomic E-state index is 0.225. The molecule has 3 rings (SSSR count). The summed E-state index contributed by atoms with van der Waals surface area (Å²) in [6.45, 7) is 5.46. The van der Waals surface area contributed by atoms with Gasteiger partial charge < -0.3 is 15.0 Å². The first kappa shape index (κ1) is 20.4. The summed E-state index contributed by atoms with van der Waals surface area (Å²) < 4.78 is 5.94. The van der Waals surface area contributed by atoms with Crippen molar-refractivity contribution in [2.75, 3.05) is 26.7 Å². The van der Waals surface area contributed by atoms with Gasteiger partial charge in [-0.05, 0) is 69.0 Å². The zero-order valence-corrected chi connectivity index (χ0v) is 17.1. The van der Waals surface area contributed by atoms with Crippen LogP contribution in [0.5, 0.6) is 5.75 Å². The van der Waals surface area contributed by atoms with E-state index in [9.17, 15) is 4.79 Å². The maximum atomic E-state index is 12.7. The number of benzene rings is 2. The van der Waals surface area contributed by atoms with E-state index in [0.29, 0.717) is 13.0 Å². The number of nitrogens with zero attached hydrogens (tertiary/aromatic N) is 1. The van der Waals surface area contributed by atoms with Crippen LogP contribution in [0.2, 0.25) is 0 Å². The Morgan fingerprint density at radius 1 is 1.11 bits per heavy atom. The molecule has 0 atom stereocenters. The van der Waals surface area contributed by atoms with Gasteiger partial charge in [-0.3, -0.25) is 4.79 Å². The van der Waals surface area contributed by atoms with Gasteiger partial charge in [0.1, 0.15) is 12.4 Å². The van der Waals surface area contributed by atoms with E-state index in [4.69, 9.17) is 4.74 Å². The molecule has 4 nitrogen and oxygen atoms in total. The molecule has 1 amide bonds. The molecule has 1 saturated heterocycles. The molecule has 2 aromatic carbocycles. The van der Waals surface area contributed by atoms with Crippen molar-refractivity contribution in [1.29, 1.82) is 0 Å². The molecule has 1 fully saturated rings. The Kier molecular flexibility index (Phi) is 7.49. The predicted molar refractivity (Wildman–Crippen MR) is 114 cm³/mol. The SMILES string of the molecule is CNCCC1CCN(C(=O)Cc2cccc(OCc3cccc(C)c3)c2)CC1. The van der Waals surface area contributed by atoms with Gasteiger partial charge in [0, 0.05) is 13.1 Å². The number of piperidine rings is 1. The Morgan fingerprint density at radius 3 is 2.61 bits per heavy atom. The third-order valence-corrected chi connectivity index (χ3v) is 5.51. The molecular weight excluding hydrogens is 348 g/mol. The van der Waals surface area contributed by atoms with Gasteiger partial charge in [0.05, 0.1) is 6.42 Å². The normalized spacial score (nSPS) is 14.9. The van der Waals surface area contributed by atoms with Crippen molar-refractivity contribution in [3.63, 3.8) is 0 Å². The molecule has 1 N–H and O–H groups in total. The molecule has 0 aliphatic carbocycles. The Labute approximate surface area is 168 Å². The van der Waals surface area contributed by atoms with Gasteiger partial charge in [-0.25, -0.2) is 0 Å². The number of hydrogen-bond donors (Lipinski definition) is 1. The quantitative estimate of drug-likeness (QED) is 0.754. The highest BCUT2D eigenvalue weighted by Gasteiger charge is 2.22. The lowest BCUT2D eigenvalue weighted by Crippen LogP contribution is -2.39. The van der Waals surface area contributed by atoms with Gasteiger partial charge in [-0.2, -0.15) is 0 Å². The molecule has 0 unspecified atom stereocenters. The minimum atomic E-state index is 0.225. The lowest BCUT2D eigenvalue weighted by atomic mass is 9.93. The molecule has 28 heavy (non-hydrogen) atoms. The smallest absolute Gasteiger partial charge is 0.226 e. The fourth-order valence-electron chi connectivity index (χ4n) is 3.82. The molecule has 2 aromatic rings. The van der Waals surface area contributed by atoms with Crippen LogP contribution in [0, 0.1) is 12.8 Å². The van der Waals surface area contributed by atoms with Crippen molar-refractivity contribution in [3.8, 4) is 5.75 Å².